The quantitative estimate of drug-likeness (QED) is 0.767. The van der Waals surface area contributed by atoms with Crippen molar-refractivity contribution >= 4 is 21.6 Å². The molecule has 0 saturated carbocycles. The van der Waals surface area contributed by atoms with Gasteiger partial charge in [0.25, 0.3) is 0 Å². The van der Waals surface area contributed by atoms with Gasteiger partial charge in [-0.1, -0.05) is 12.8 Å². The minimum atomic E-state index is 0.635. The Bertz CT molecular complexity index is 330. The highest BCUT2D eigenvalue weighted by Crippen LogP contribution is 2.24. The van der Waals surface area contributed by atoms with Gasteiger partial charge in [-0.2, -0.15) is 0 Å². The molecule has 1 rings (SSSR count). The van der Waals surface area contributed by atoms with Gasteiger partial charge in [0.1, 0.15) is 0 Å². The van der Waals surface area contributed by atoms with Crippen molar-refractivity contribution in [3.05, 3.63) is 22.9 Å². The van der Waals surface area contributed by atoms with Crippen LogP contribution in [0, 0.1) is 12.3 Å². The van der Waals surface area contributed by atoms with E-state index in [1.807, 2.05) is 6.07 Å². The van der Waals surface area contributed by atoms with Crippen molar-refractivity contribution in [1.82, 2.24) is 4.98 Å². The zero-order chi connectivity index (χ0) is 10.4. The van der Waals surface area contributed by atoms with Gasteiger partial charge in [0, 0.05) is 18.9 Å². The normalized spacial score (nSPS) is 9.50. The van der Waals surface area contributed by atoms with Crippen LogP contribution in [0.3, 0.4) is 0 Å². The Morgan fingerprint density at radius 3 is 3.00 bits per heavy atom. The van der Waals surface area contributed by atoms with Crippen LogP contribution in [0.25, 0.3) is 0 Å². The summed E-state index contributed by atoms with van der Waals surface area (Å²) < 4.78 is 0.990. The Labute approximate surface area is 93.5 Å². The van der Waals surface area contributed by atoms with E-state index in [-0.39, 0.29) is 0 Å². The lowest BCUT2D eigenvalue weighted by atomic mass is 10.3. The molecule has 0 aromatic carbocycles. The number of hydrogen-bond donors (Lipinski definition) is 0. The molecule has 0 aliphatic rings. The monoisotopic (exact) mass is 252 g/mol. The Morgan fingerprint density at radius 1 is 1.64 bits per heavy atom. The number of aromatic nitrogens is 1. The number of nitrogens with zero attached hydrogens (tertiary/aromatic N) is 2. The minimum Gasteiger partial charge on any atom is -0.359 e. The van der Waals surface area contributed by atoms with Crippen molar-refractivity contribution in [3.8, 4) is 12.3 Å². The van der Waals surface area contributed by atoms with E-state index in [9.17, 15) is 0 Å². The van der Waals surface area contributed by atoms with Crippen LogP contribution in [0.1, 0.15) is 13.3 Å². The summed E-state index contributed by atoms with van der Waals surface area (Å²) in [6.45, 7) is 3.74. The molecule has 0 unspecified atom stereocenters. The smallest absolute Gasteiger partial charge is 0.0792 e. The summed E-state index contributed by atoms with van der Waals surface area (Å²) in [5, 5.41) is 0. The van der Waals surface area contributed by atoms with Gasteiger partial charge in [0.2, 0.25) is 0 Å². The number of halogens is 1. The topological polar surface area (TPSA) is 16.1 Å². The predicted molar refractivity (Wildman–Crippen MR) is 63.3 cm³/mol. The molecule has 0 aliphatic carbocycles. The third-order valence-corrected chi connectivity index (χ3v) is 2.48. The first-order chi connectivity index (χ1) is 6.79. The fourth-order valence-electron chi connectivity index (χ4n) is 1.29. The first kappa shape index (κ1) is 11.1. The Morgan fingerprint density at radius 2 is 2.43 bits per heavy atom. The van der Waals surface area contributed by atoms with E-state index in [1.54, 1.807) is 12.4 Å². The van der Waals surface area contributed by atoms with Crippen LogP contribution < -0.4 is 4.90 Å². The molecule has 0 N–H and O–H groups in total. The fourth-order valence-corrected chi connectivity index (χ4v) is 1.79. The third-order valence-electron chi connectivity index (χ3n) is 1.87. The summed E-state index contributed by atoms with van der Waals surface area (Å²) in [5.74, 6) is 2.66. The van der Waals surface area contributed by atoms with E-state index in [1.165, 1.54) is 0 Å². The molecule has 74 valence electrons. The van der Waals surface area contributed by atoms with E-state index >= 15 is 0 Å². The van der Waals surface area contributed by atoms with Crippen LogP contribution >= 0.6 is 15.9 Å². The molecule has 0 fully saturated rings. The Balaban J connectivity index is 2.88. The molecule has 14 heavy (non-hydrogen) atoms. The van der Waals surface area contributed by atoms with E-state index in [4.69, 9.17) is 6.42 Å². The van der Waals surface area contributed by atoms with Gasteiger partial charge in [-0.3, -0.25) is 4.98 Å². The van der Waals surface area contributed by atoms with Crippen molar-refractivity contribution in [2.75, 3.05) is 18.0 Å². The zero-order valence-corrected chi connectivity index (χ0v) is 9.79. The summed E-state index contributed by atoms with van der Waals surface area (Å²) >= 11 is 3.46. The second kappa shape index (κ2) is 5.66. The van der Waals surface area contributed by atoms with Crippen LogP contribution in [0.4, 0.5) is 5.69 Å². The molecular formula is C11H13BrN2. The van der Waals surface area contributed by atoms with Crippen LogP contribution in [-0.4, -0.2) is 18.1 Å². The number of pyridine rings is 1. The molecule has 1 aromatic heterocycles. The van der Waals surface area contributed by atoms with Gasteiger partial charge in [-0.05, 0) is 28.4 Å². The van der Waals surface area contributed by atoms with Crippen molar-refractivity contribution in [2.24, 2.45) is 0 Å². The van der Waals surface area contributed by atoms with Crippen LogP contribution in [0.5, 0.6) is 0 Å². The number of rotatable bonds is 4. The SMILES string of the molecule is C#CCN(CCC)c1ccncc1Br. The average Bonchev–Trinajstić information content (AvgIpc) is 2.18. The summed E-state index contributed by atoms with van der Waals surface area (Å²) in [4.78, 5) is 6.18. The molecule has 0 aliphatic heterocycles. The second-order valence-corrected chi connectivity index (χ2v) is 3.81. The molecule has 3 heteroatoms. The molecule has 1 heterocycles. The standard InChI is InChI=1S/C11H13BrN2/c1-3-7-14(8-4-2)11-5-6-13-9-10(11)12/h1,5-6,9H,4,7-8H2,2H3. The minimum absolute atomic E-state index is 0.635. The lowest BCUT2D eigenvalue weighted by Crippen LogP contribution is -2.24. The van der Waals surface area contributed by atoms with Gasteiger partial charge in [0.15, 0.2) is 0 Å². The lowest BCUT2D eigenvalue weighted by Gasteiger charge is -2.22. The van der Waals surface area contributed by atoms with E-state index in [2.05, 4.69) is 38.7 Å². The lowest BCUT2D eigenvalue weighted by molar-refractivity contribution is 0.820. The molecule has 0 spiro atoms. The fraction of sp³-hybridized carbons (Fsp3) is 0.364. The van der Waals surface area contributed by atoms with Gasteiger partial charge in [-0.15, -0.1) is 6.42 Å². The van der Waals surface area contributed by atoms with E-state index in [0.717, 1.165) is 23.1 Å². The molecule has 2 nitrogen and oxygen atoms in total. The molecule has 0 radical (unpaired) electrons. The average molecular weight is 253 g/mol. The van der Waals surface area contributed by atoms with Crippen molar-refractivity contribution < 1.29 is 0 Å². The van der Waals surface area contributed by atoms with Crippen LogP contribution in [-0.2, 0) is 0 Å². The van der Waals surface area contributed by atoms with Gasteiger partial charge in [0.05, 0.1) is 16.7 Å². The largest absolute Gasteiger partial charge is 0.359 e. The van der Waals surface area contributed by atoms with Crippen LogP contribution in [0.2, 0.25) is 0 Å². The van der Waals surface area contributed by atoms with Gasteiger partial charge >= 0.3 is 0 Å². The third kappa shape index (κ3) is 2.74. The predicted octanol–water partition coefficient (Wildman–Crippen LogP) is 2.69. The van der Waals surface area contributed by atoms with Gasteiger partial charge in [-0.25, -0.2) is 0 Å². The first-order valence-corrected chi connectivity index (χ1v) is 5.36. The molecule has 0 amide bonds. The van der Waals surface area contributed by atoms with Gasteiger partial charge < -0.3 is 4.90 Å². The molecule has 0 bridgehead atoms. The molecule has 1 aromatic rings. The molecular weight excluding hydrogens is 240 g/mol. The number of anilines is 1. The Hall–Kier alpha value is -1.01. The number of terminal acetylenes is 1. The first-order valence-electron chi connectivity index (χ1n) is 4.57. The summed E-state index contributed by atoms with van der Waals surface area (Å²) in [6.07, 6.45) is 9.97. The van der Waals surface area contributed by atoms with E-state index < -0.39 is 0 Å². The van der Waals surface area contributed by atoms with Crippen molar-refractivity contribution in [1.29, 1.82) is 0 Å². The molecule has 0 atom stereocenters. The maximum Gasteiger partial charge on any atom is 0.0792 e. The van der Waals surface area contributed by atoms with Crippen LogP contribution in [0.15, 0.2) is 22.9 Å². The highest BCUT2D eigenvalue weighted by atomic mass is 79.9. The van der Waals surface area contributed by atoms with Crippen molar-refractivity contribution in [3.63, 3.8) is 0 Å². The highest BCUT2D eigenvalue weighted by Gasteiger charge is 2.06. The maximum absolute atomic E-state index is 5.32. The van der Waals surface area contributed by atoms with Crippen molar-refractivity contribution in [2.45, 2.75) is 13.3 Å². The summed E-state index contributed by atoms with van der Waals surface area (Å²) in [7, 11) is 0. The number of hydrogen-bond acceptors (Lipinski definition) is 2. The summed E-state index contributed by atoms with van der Waals surface area (Å²) in [6, 6.07) is 1.97. The van der Waals surface area contributed by atoms with E-state index in [0.29, 0.717) is 6.54 Å². The maximum atomic E-state index is 5.32. The highest BCUT2D eigenvalue weighted by molar-refractivity contribution is 9.10. The summed E-state index contributed by atoms with van der Waals surface area (Å²) in [5.41, 5.74) is 1.11. The zero-order valence-electron chi connectivity index (χ0n) is 8.20. The Kier molecular flexibility index (Phi) is 4.48. The molecule has 0 saturated heterocycles. The second-order valence-electron chi connectivity index (χ2n) is 2.95.